The van der Waals surface area contributed by atoms with Crippen LogP contribution in [0.15, 0.2) is 46.1 Å². The van der Waals surface area contributed by atoms with Gasteiger partial charge in [0, 0.05) is 17.2 Å². The zero-order valence-corrected chi connectivity index (χ0v) is 7.88. The van der Waals surface area contributed by atoms with E-state index in [0.717, 1.165) is 16.9 Å². The lowest BCUT2D eigenvalue weighted by Gasteiger charge is -2.26. The Kier molecular flexibility index (Phi) is 1.68. The van der Waals surface area contributed by atoms with Crippen molar-refractivity contribution in [2.45, 2.75) is 6.04 Å². The van der Waals surface area contributed by atoms with Crippen LogP contribution in [-0.4, -0.2) is 12.5 Å². The highest BCUT2D eigenvalue weighted by Crippen LogP contribution is 2.38. The van der Waals surface area contributed by atoms with Crippen molar-refractivity contribution in [3.05, 3.63) is 41.5 Å². The molecule has 0 spiro atoms. The van der Waals surface area contributed by atoms with Gasteiger partial charge in [-0.05, 0) is 6.07 Å². The zero-order valence-electron chi connectivity index (χ0n) is 7.88. The van der Waals surface area contributed by atoms with Crippen LogP contribution in [-0.2, 0) is 4.79 Å². The third-order valence-electron chi connectivity index (χ3n) is 2.54. The van der Waals surface area contributed by atoms with Crippen LogP contribution in [0, 0.1) is 0 Å². The van der Waals surface area contributed by atoms with Crippen LogP contribution in [0.3, 0.4) is 0 Å². The summed E-state index contributed by atoms with van der Waals surface area (Å²) in [7, 11) is 0. The smallest absolute Gasteiger partial charge is 0.287 e. The Hall–Kier alpha value is -1.97. The minimum absolute atomic E-state index is 0.132. The topological polar surface area (TPSA) is 51.0 Å². The predicted molar refractivity (Wildman–Crippen MR) is 52.6 cm³/mol. The number of benzene rings is 1. The van der Waals surface area contributed by atoms with Gasteiger partial charge < -0.3 is 4.74 Å². The van der Waals surface area contributed by atoms with E-state index in [-0.39, 0.29) is 11.9 Å². The molecule has 3 rings (SSSR count). The van der Waals surface area contributed by atoms with Gasteiger partial charge in [0.1, 0.15) is 18.4 Å². The summed E-state index contributed by atoms with van der Waals surface area (Å²) in [6.07, 6.45) is 1.51. The lowest BCUT2D eigenvalue weighted by Crippen LogP contribution is -2.19. The second-order valence-electron chi connectivity index (χ2n) is 3.50. The average Bonchev–Trinajstić information content (AvgIpc) is 2.28. The fourth-order valence-electron chi connectivity index (χ4n) is 1.84. The van der Waals surface area contributed by atoms with E-state index in [9.17, 15) is 4.79 Å². The molecule has 1 aromatic carbocycles. The molecule has 1 amide bonds. The summed E-state index contributed by atoms with van der Waals surface area (Å²) >= 11 is 0. The molecule has 4 heteroatoms. The van der Waals surface area contributed by atoms with E-state index in [4.69, 9.17) is 4.74 Å². The zero-order chi connectivity index (χ0) is 10.3. The van der Waals surface area contributed by atoms with Gasteiger partial charge >= 0.3 is 0 Å². The summed E-state index contributed by atoms with van der Waals surface area (Å²) in [5.74, 6) is 0.525. The average molecular weight is 200 g/mol. The number of fused-ring (bicyclic) bond motifs is 3. The fraction of sp³-hybridized carbons (Fsp3) is 0.182. The van der Waals surface area contributed by atoms with Crippen LogP contribution in [0.1, 0.15) is 11.6 Å². The van der Waals surface area contributed by atoms with Gasteiger partial charge in [-0.25, -0.2) is 0 Å². The van der Waals surface area contributed by atoms with E-state index in [2.05, 4.69) is 10.2 Å². The number of carbonyl (C=O) groups is 1. The lowest BCUT2D eigenvalue weighted by molar-refractivity contribution is -0.114. The number of amides is 1. The van der Waals surface area contributed by atoms with Crippen molar-refractivity contribution in [2.24, 2.45) is 10.2 Å². The molecule has 4 nitrogen and oxygen atoms in total. The Labute approximate surface area is 86.3 Å². The van der Waals surface area contributed by atoms with Crippen molar-refractivity contribution in [3.63, 3.8) is 0 Å². The number of rotatable bonds is 0. The molecule has 0 saturated heterocycles. The van der Waals surface area contributed by atoms with E-state index in [1.807, 2.05) is 24.3 Å². The Morgan fingerprint density at radius 2 is 2.20 bits per heavy atom. The van der Waals surface area contributed by atoms with Gasteiger partial charge in [0.2, 0.25) is 0 Å². The molecule has 2 heterocycles. The van der Waals surface area contributed by atoms with Crippen molar-refractivity contribution in [3.8, 4) is 5.75 Å². The maximum absolute atomic E-state index is 11.0. The highest BCUT2D eigenvalue weighted by Gasteiger charge is 2.28. The first-order valence-corrected chi connectivity index (χ1v) is 4.71. The van der Waals surface area contributed by atoms with Crippen LogP contribution in [0.25, 0.3) is 0 Å². The molecule has 74 valence electrons. The van der Waals surface area contributed by atoms with E-state index >= 15 is 0 Å². The quantitative estimate of drug-likeness (QED) is 0.643. The first kappa shape index (κ1) is 8.35. The van der Waals surface area contributed by atoms with E-state index in [1.54, 1.807) is 0 Å². The van der Waals surface area contributed by atoms with Crippen LogP contribution in [0.4, 0.5) is 0 Å². The van der Waals surface area contributed by atoms with Gasteiger partial charge in [-0.1, -0.05) is 18.2 Å². The Balaban J connectivity index is 2.12. The maximum Gasteiger partial charge on any atom is 0.287 e. The summed E-state index contributed by atoms with van der Waals surface area (Å²) in [4.78, 5) is 11.0. The number of hydrogen-bond donors (Lipinski definition) is 0. The molecule has 1 aromatic rings. The lowest BCUT2D eigenvalue weighted by atomic mass is 9.95. The van der Waals surface area contributed by atoms with Gasteiger partial charge in [0.15, 0.2) is 0 Å². The summed E-state index contributed by atoms with van der Waals surface area (Å²) in [5.41, 5.74) is 1.86. The van der Waals surface area contributed by atoms with Crippen LogP contribution < -0.4 is 4.74 Å². The number of para-hydroxylation sites is 1. The minimum Gasteiger partial charge on any atom is -0.489 e. The van der Waals surface area contributed by atoms with Gasteiger partial charge in [-0.3, -0.25) is 4.79 Å². The summed E-state index contributed by atoms with van der Waals surface area (Å²) in [6.45, 7) is 0.423. The van der Waals surface area contributed by atoms with Crippen molar-refractivity contribution < 1.29 is 9.53 Å². The molecule has 0 aromatic heterocycles. The van der Waals surface area contributed by atoms with Gasteiger partial charge in [0.05, 0.1) is 0 Å². The highest BCUT2D eigenvalue weighted by atomic mass is 16.5. The van der Waals surface area contributed by atoms with Crippen molar-refractivity contribution in [1.29, 1.82) is 0 Å². The standard InChI is InChI=1S/C11H8N2O2/c14-10-5-7-6-15-9-4-2-1-3-8(9)11(7)13-12-10/h1-5,11H,6H2. The molecule has 1 atom stereocenters. The van der Waals surface area contributed by atoms with Crippen LogP contribution >= 0.6 is 0 Å². The van der Waals surface area contributed by atoms with Gasteiger partial charge in [-0.15, -0.1) is 5.11 Å². The van der Waals surface area contributed by atoms with Crippen molar-refractivity contribution >= 4 is 5.91 Å². The normalized spacial score (nSPS) is 22.5. The molecule has 2 aliphatic rings. The SMILES string of the molecule is O=C1C=C2COc3ccccc3C2N=N1. The van der Waals surface area contributed by atoms with Gasteiger partial charge in [-0.2, -0.15) is 5.11 Å². The van der Waals surface area contributed by atoms with Crippen LogP contribution in [0.5, 0.6) is 5.75 Å². The van der Waals surface area contributed by atoms with Gasteiger partial charge in [0.25, 0.3) is 5.91 Å². The molecule has 0 saturated carbocycles. The molecular weight excluding hydrogens is 192 g/mol. The molecule has 0 bridgehead atoms. The third kappa shape index (κ3) is 1.26. The second kappa shape index (κ2) is 3.02. The molecule has 0 radical (unpaired) electrons. The molecule has 0 N–H and O–H groups in total. The van der Waals surface area contributed by atoms with E-state index in [0.29, 0.717) is 6.61 Å². The third-order valence-corrected chi connectivity index (χ3v) is 2.54. The molecule has 0 aliphatic carbocycles. The Morgan fingerprint density at radius 1 is 1.33 bits per heavy atom. The molecular formula is C11H8N2O2. The molecule has 0 fully saturated rings. The molecule has 1 unspecified atom stereocenters. The summed E-state index contributed by atoms with van der Waals surface area (Å²) < 4.78 is 5.52. The molecule has 2 aliphatic heterocycles. The Morgan fingerprint density at radius 3 is 3.13 bits per heavy atom. The fourth-order valence-corrected chi connectivity index (χ4v) is 1.84. The number of azo groups is 1. The summed E-state index contributed by atoms with van der Waals surface area (Å²) in [5, 5.41) is 7.57. The van der Waals surface area contributed by atoms with Crippen LogP contribution in [0.2, 0.25) is 0 Å². The van der Waals surface area contributed by atoms with Crippen molar-refractivity contribution in [2.75, 3.05) is 6.61 Å². The second-order valence-corrected chi connectivity index (χ2v) is 3.50. The first-order valence-electron chi connectivity index (χ1n) is 4.71. The van der Waals surface area contributed by atoms with Crippen molar-refractivity contribution in [1.82, 2.24) is 0 Å². The van der Waals surface area contributed by atoms with E-state index < -0.39 is 0 Å². The minimum atomic E-state index is -0.302. The maximum atomic E-state index is 11.0. The highest BCUT2D eigenvalue weighted by molar-refractivity contribution is 5.89. The number of carbonyl (C=O) groups excluding carboxylic acids is 1. The summed E-state index contributed by atoms with van der Waals surface area (Å²) in [6, 6.07) is 7.56. The number of nitrogens with zero attached hydrogens (tertiary/aromatic N) is 2. The predicted octanol–water partition coefficient (Wildman–Crippen LogP) is 2.04. The number of ether oxygens (including phenoxy) is 1. The Bertz CT molecular complexity index is 491. The first-order chi connectivity index (χ1) is 7.34. The van der Waals surface area contributed by atoms with E-state index in [1.165, 1.54) is 6.08 Å². The largest absolute Gasteiger partial charge is 0.489 e. The molecule has 15 heavy (non-hydrogen) atoms. The number of hydrogen-bond acceptors (Lipinski definition) is 3. The monoisotopic (exact) mass is 200 g/mol.